The Morgan fingerprint density at radius 2 is 1.19 bits per heavy atom. The number of amides is 2. The molecule has 4 heteroatoms. The minimum atomic E-state index is -0.456. The third-order valence-electron chi connectivity index (χ3n) is 5.17. The van der Waals surface area contributed by atoms with Gasteiger partial charge in [0.05, 0.1) is 11.3 Å². The zero-order chi connectivity index (χ0) is 17.8. The van der Waals surface area contributed by atoms with Crippen LogP contribution in [0.15, 0.2) is 72.8 Å². The Morgan fingerprint density at radius 3 is 1.96 bits per heavy atom. The van der Waals surface area contributed by atoms with E-state index in [1.165, 1.54) is 0 Å². The monoisotopic (exact) mass is 340 g/mol. The van der Waals surface area contributed by atoms with Crippen molar-refractivity contribution in [1.29, 1.82) is 0 Å². The van der Waals surface area contributed by atoms with Crippen molar-refractivity contribution in [1.82, 2.24) is 0 Å². The number of carbonyl (C=O) groups excluding carboxylic acids is 2. The lowest BCUT2D eigenvalue weighted by Crippen LogP contribution is -2.48. The maximum Gasteiger partial charge on any atom is 0.262 e. The lowest BCUT2D eigenvalue weighted by molar-refractivity contribution is 0.0949. The van der Waals surface area contributed by atoms with E-state index in [0.29, 0.717) is 16.8 Å². The molecule has 0 aromatic heterocycles. The third-order valence-corrected chi connectivity index (χ3v) is 5.17. The van der Waals surface area contributed by atoms with E-state index in [0.717, 1.165) is 16.8 Å². The molecule has 0 saturated carbocycles. The molecule has 2 heterocycles. The topological polar surface area (TPSA) is 40.6 Å². The van der Waals surface area contributed by atoms with Gasteiger partial charge in [0.15, 0.2) is 0 Å². The summed E-state index contributed by atoms with van der Waals surface area (Å²) in [7, 11) is 0. The summed E-state index contributed by atoms with van der Waals surface area (Å²) in [6, 6.07) is 22.7. The number of anilines is 2. The average Bonchev–Trinajstić information content (AvgIpc) is 2.97. The molecule has 126 valence electrons. The third kappa shape index (κ3) is 1.84. The second kappa shape index (κ2) is 5.30. The van der Waals surface area contributed by atoms with E-state index in [-0.39, 0.29) is 11.8 Å². The van der Waals surface area contributed by atoms with Gasteiger partial charge in [-0.1, -0.05) is 48.5 Å². The molecular formula is C22H16N2O2. The molecule has 2 aliphatic heterocycles. The van der Waals surface area contributed by atoms with Crippen molar-refractivity contribution in [2.24, 2.45) is 0 Å². The lowest BCUT2D eigenvalue weighted by atomic mass is 10.0. The highest BCUT2D eigenvalue weighted by Crippen LogP contribution is 2.47. The predicted octanol–water partition coefficient (Wildman–Crippen LogP) is 4.31. The van der Waals surface area contributed by atoms with Crippen LogP contribution < -0.4 is 9.80 Å². The standard InChI is InChI=1S/C22H16N2O2/c1-14-8-2-6-12-18(14)23-20-15-9-3-4-10-16(15)21(25)24(20)19-13-7-5-11-17(19)22(23)26/h2-13,20H,1H3/t20-/m1/s1. The molecule has 0 fully saturated rings. The molecular weight excluding hydrogens is 324 g/mol. The predicted molar refractivity (Wildman–Crippen MR) is 100 cm³/mol. The van der Waals surface area contributed by atoms with Crippen molar-refractivity contribution >= 4 is 23.2 Å². The summed E-state index contributed by atoms with van der Waals surface area (Å²) in [5, 5.41) is 0. The number of hydrogen-bond acceptors (Lipinski definition) is 2. The van der Waals surface area contributed by atoms with Crippen LogP contribution in [-0.2, 0) is 0 Å². The summed E-state index contributed by atoms with van der Waals surface area (Å²) < 4.78 is 0. The maximum atomic E-state index is 13.4. The second-order valence-electron chi connectivity index (χ2n) is 6.61. The summed E-state index contributed by atoms with van der Waals surface area (Å²) in [6.07, 6.45) is -0.456. The zero-order valence-corrected chi connectivity index (χ0v) is 14.2. The second-order valence-corrected chi connectivity index (χ2v) is 6.61. The maximum absolute atomic E-state index is 13.4. The lowest BCUT2D eigenvalue weighted by Gasteiger charge is -2.41. The van der Waals surface area contributed by atoms with Crippen LogP contribution >= 0.6 is 0 Å². The molecule has 1 atom stereocenters. The van der Waals surface area contributed by atoms with Gasteiger partial charge < -0.3 is 0 Å². The fraction of sp³-hybridized carbons (Fsp3) is 0.0909. The van der Waals surface area contributed by atoms with E-state index < -0.39 is 6.17 Å². The van der Waals surface area contributed by atoms with Crippen molar-refractivity contribution in [2.75, 3.05) is 9.80 Å². The van der Waals surface area contributed by atoms with E-state index in [1.807, 2.05) is 73.7 Å². The summed E-state index contributed by atoms with van der Waals surface area (Å²) in [5.41, 5.74) is 4.56. The van der Waals surface area contributed by atoms with Crippen LogP contribution in [0.1, 0.15) is 38.0 Å². The minimum Gasteiger partial charge on any atom is -0.282 e. The molecule has 2 aliphatic rings. The van der Waals surface area contributed by atoms with Gasteiger partial charge in [-0.05, 0) is 36.8 Å². The molecule has 5 rings (SSSR count). The van der Waals surface area contributed by atoms with Gasteiger partial charge in [-0.3, -0.25) is 19.4 Å². The van der Waals surface area contributed by atoms with E-state index in [4.69, 9.17) is 0 Å². The highest BCUT2D eigenvalue weighted by Gasteiger charge is 2.48. The Balaban J connectivity index is 1.82. The molecule has 0 N–H and O–H groups in total. The summed E-state index contributed by atoms with van der Waals surface area (Å²) in [6.45, 7) is 1.98. The van der Waals surface area contributed by atoms with Crippen molar-refractivity contribution in [3.8, 4) is 0 Å². The van der Waals surface area contributed by atoms with Gasteiger partial charge in [-0.25, -0.2) is 0 Å². The molecule has 0 bridgehead atoms. The molecule has 3 aromatic rings. The number of nitrogens with zero attached hydrogens (tertiary/aromatic N) is 2. The summed E-state index contributed by atoms with van der Waals surface area (Å²) >= 11 is 0. The van der Waals surface area contributed by atoms with Crippen molar-refractivity contribution < 1.29 is 9.59 Å². The quantitative estimate of drug-likeness (QED) is 0.662. The molecule has 2 amide bonds. The van der Waals surface area contributed by atoms with Crippen molar-refractivity contribution in [3.63, 3.8) is 0 Å². The van der Waals surface area contributed by atoms with Gasteiger partial charge >= 0.3 is 0 Å². The van der Waals surface area contributed by atoms with Gasteiger partial charge in [0.1, 0.15) is 6.17 Å². The van der Waals surface area contributed by atoms with E-state index in [1.54, 1.807) is 15.9 Å². The Morgan fingerprint density at radius 1 is 0.654 bits per heavy atom. The van der Waals surface area contributed by atoms with Crippen LogP contribution in [0.2, 0.25) is 0 Å². The number of fused-ring (bicyclic) bond motifs is 5. The normalized spacial score (nSPS) is 17.8. The summed E-state index contributed by atoms with van der Waals surface area (Å²) in [5.74, 6) is -0.148. The largest absolute Gasteiger partial charge is 0.282 e. The van der Waals surface area contributed by atoms with Crippen LogP contribution in [0.3, 0.4) is 0 Å². The Kier molecular flexibility index (Phi) is 3.04. The molecule has 0 radical (unpaired) electrons. The number of benzene rings is 3. The van der Waals surface area contributed by atoms with E-state index >= 15 is 0 Å². The van der Waals surface area contributed by atoms with Crippen molar-refractivity contribution in [2.45, 2.75) is 13.1 Å². The van der Waals surface area contributed by atoms with Crippen LogP contribution in [0.5, 0.6) is 0 Å². The number of hydrogen-bond donors (Lipinski definition) is 0. The fourth-order valence-corrected chi connectivity index (χ4v) is 3.97. The molecule has 26 heavy (non-hydrogen) atoms. The molecule has 0 aliphatic carbocycles. The molecule has 0 saturated heterocycles. The molecule has 4 nitrogen and oxygen atoms in total. The number of carbonyl (C=O) groups is 2. The van der Waals surface area contributed by atoms with Gasteiger partial charge in [-0.2, -0.15) is 0 Å². The first-order valence-corrected chi connectivity index (χ1v) is 8.59. The Labute approximate surface area is 151 Å². The van der Waals surface area contributed by atoms with E-state index in [9.17, 15) is 9.59 Å². The first-order valence-electron chi connectivity index (χ1n) is 8.59. The van der Waals surface area contributed by atoms with Gasteiger partial charge in [0.2, 0.25) is 0 Å². The van der Waals surface area contributed by atoms with Crippen LogP contribution in [0.4, 0.5) is 11.4 Å². The highest BCUT2D eigenvalue weighted by molar-refractivity contribution is 6.21. The number of aryl methyl sites for hydroxylation is 1. The first-order chi connectivity index (χ1) is 12.7. The fourth-order valence-electron chi connectivity index (χ4n) is 3.97. The van der Waals surface area contributed by atoms with Crippen LogP contribution in [0, 0.1) is 6.92 Å². The van der Waals surface area contributed by atoms with Crippen molar-refractivity contribution in [3.05, 3.63) is 95.1 Å². The number of para-hydroxylation sites is 2. The smallest absolute Gasteiger partial charge is 0.262 e. The Bertz CT molecular complexity index is 1070. The van der Waals surface area contributed by atoms with E-state index in [2.05, 4.69) is 0 Å². The molecule has 3 aromatic carbocycles. The average molecular weight is 340 g/mol. The molecule has 0 spiro atoms. The van der Waals surface area contributed by atoms with Crippen LogP contribution in [0.25, 0.3) is 0 Å². The van der Waals surface area contributed by atoms with Crippen LogP contribution in [-0.4, -0.2) is 11.8 Å². The molecule has 0 unspecified atom stereocenters. The highest BCUT2D eigenvalue weighted by atomic mass is 16.2. The Hall–Kier alpha value is -3.40. The van der Waals surface area contributed by atoms with Gasteiger partial charge in [0.25, 0.3) is 11.8 Å². The van der Waals surface area contributed by atoms with Gasteiger partial charge in [-0.15, -0.1) is 0 Å². The minimum absolute atomic E-state index is 0.0656. The zero-order valence-electron chi connectivity index (χ0n) is 14.2. The van der Waals surface area contributed by atoms with Gasteiger partial charge in [0, 0.05) is 16.8 Å². The first kappa shape index (κ1) is 14.9. The number of rotatable bonds is 1. The summed E-state index contributed by atoms with van der Waals surface area (Å²) in [4.78, 5) is 30.1. The SMILES string of the molecule is Cc1ccccc1N1C(=O)c2ccccc2N2C(=O)c3ccccc3[C@H]12.